The molecule has 8 nitrogen and oxygen atoms in total. The maximum absolute atomic E-state index is 13.0. The number of ether oxygens (including phenoxy) is 2. The molecule has 4 rings (SSSR count). The lowest BCUT2D eigenvalue weighted by Crippen LogP contribution is -2.30. The Morgan fingerprint density at radius 3 is 2.70 bits per heavy atom. The zero-order valence-corrected chi connectivity index (χ0v) is 18.6. The van der Waals surface area contributed by atoms with Crippen LogP contribution in [0.1, 0.15) is 42.1 Å². The van der Waals surface area contributed by atoms with Gasteiger partial charge in [0.15, 0.2) is 0 Å². The van der Waals surface area contributed by atoms with Crippen LogP contribution in [0.25, 0.3) is 16.8 Å². The van der Waals surface area contributed by atoms with Crippen LogP contribution in [0.4, 0.5) is 4.79 Å². The van der Waals surface area contributed by atoms with E-state index in [1.165, 1.54) is 19.2 Å². The number of fused-ring (bicyclic) bond motifs is 1. The summed E-state index contributed by atoms with van der Waals surface area (Å²) in [7, 11) is 1.24. The molecular formula is C25H24N2O6. The lowest BCUT2D eigenvalue weighted by atomic mass is 10.0. The lowest BCUT2D eigenvalue weighted by Gasteiger charge is -2.16. The van der Waals surface area contributed by atoms with Gasteiger partial charge in [0.25, 0.3) is 5.91 Å². The maximum atomic E-state index is 13.0. The fraction of sp³-hybridized carbons (Fsp3) is 0.240. The third-order valence-corrected chi connectivity index (χ3v) is 5.45. The van der Waals surface area contributed by atoms with Gasteiger partial charge in [-0.2, -0.15) is 0 Å². The Labute approximate surface area is 190 Å². The minimum absolute atomic E-state index is 0.00194. The van der Waals surface area contributed by atoms with Crippen LogP contribution in [-0.4, -0.2) is 36.0 Å². The van der Waals surface area contributed by atoms with Gasteiger partial charge in [0.05, 0.1) is 19.8 Å². The molecule has 0 aliphatic carbocycles. The van der Waals surface area contributed by atoms with Gasteiger partial charge in [0.1, 0.15) is 17.2 Å². The van der Waals surface area contributed by atoms with Crippen LogP contribution in [0.5, 0.6) is 5.75 Å². The van der Waals surface area contributed by atoms with Gasteiger partial charge in [-0.15, -0.1) is 0 Å². The number of carbonyl (C=O) groups excluding carboxylic acids is 3. The largest absolute Gasteiger partial charge is 0.490 e. The van der Waals surface area contributed by atoms with Crippen molar-refractivity contribution in [2.45, 2.75) is 32.9 Å². The molecule has 1 unspecified atom stereocenters. The first-order valence-electron chi connectivity index (χ1n) is 10.6. The Morgan fingerprint density at radius 1 is 1.15 bits per heavy atom. The highest BCUT2D eigenvalue weighted by Gasteiger charge is 2.34. The molecule has 0 radical (unpaired) electrons. The first-order valence-corrected chi connectivity index (χ1v) is 10.6. The number of amides is 3. The van der Waals surface area contributed by atoms with Crippen molar-refractivity contribution in [3.05, 3.63) is 71.3 Å². The predicted molar refractivity (Wildman–Crippen MR) is 121 cm³/mol. The second-order valence-electron chi connectivity index (χ2n) is 7.67. The van der Waals surface area contributed by atoms with Gasteiger partial charge in [0, 0.05) is 5.56 Å². The van der Waals surface area contributed by atoms with Crippen molar-refractivity contribution >= 4 is 34.8 Å². The highest BCUT2D eigenvalue weighted by atomic mass is 16.5. The van der Waals surface area contributed by atoms with Gasteiger partial charge < -0.3 is 19.2 Å². The van der Waals surface area contributed by atoms with Crippen LogP contribution in [0.15, 0.2) is 58.6 Å². The Hall–Kier alpha value is -4.07. The average Bonchev–Trinajstić information content (AvgIpc) is 3.40. The fourth-order valence-electron chi connectivity index (χ4n) is 3.52. The van der Waals surface area contributed by atoms with Crippen LogP contribution in [0, 0.1) is 0 Å². The van der Waals surface area contributed by atoms with Crippen molar-refractivity contribution in [1.29, 1.82) is 0 Å². The van der Waals surface area contributed by atoms with Crippen molar-refractivity contribution in [2.75, 3.05) is 7.11 Å². The number of carbonyl (C=O) groups is 3. The molecule has 1 aliphatic rings. The van der Waals surface area contributed by atoms with E-state index in [2.05, 4.69) is 10.1 Å². The summed E-state index contributed by atoms with van der Waals surface area (Å²) in [6.07, 6.45) is 2.45. The van der Waals surface area contributed by atoms with Gasteiger partial charge in [-0.3, -0.25) is 9.69 Å². The number of urea groups is 1. The molecule has 0 bridgehead atoms. The Balaban J connectivity index is 1.66. The summed E-state index contributed by atoms with van der Waals surface area (Å²) in [6, 6.07) is 14.0. The van der Waals surface area contributed by atoms with E-state index in [0.29, 0.717) is 11.3 Å². The summed E-state index contributed by atoms with van der Waals surface area (Å²) in [5.74, 6) is -0.226. The lowest BCUT2D eigenvalue weighted by molar-refractivity contribution is -0.123. The maximum Gasteiger partial charge on any atom is 0.373 e. The van der Waals surface area contributed by atoms with E-state index in [0.717, 1.165) is 22.1 Å². The number of nitrogens with one attached hydrogen (secondary N) is 1. The molecule has 2 heterocycles. The first-order chi connectivity index (χ1) is 15.9. The number of methoxy groups -OCH3 is 1. The van der Waals surface area contributed by atoms with Gasteiger partial charge in [-0.05, 0) is 48.4 Å². The summed E-state index contributed by atoms with van der Waals surface area (Å²) in [4.78, 5) is 38.2. The molecule has 1 aromatic heterocycles. The zero-order valence-electron chi connectivity index (χ0n) is 18.6. The monoisotopic (exact) mass is 448 g/mol. The van der Waals surface area contributed by atoms with E-state index in [1.807, 2.05) is 50.2 Å². The molecule has 170 valence electrons. The van der Waals surface area contributed by atoms with Crippen molar-refractivity contribution < 1.29 is 28.3 Å². The number of hydrogen-bond donors (Lipinski definition) is 1. The first kappa shape index (κ1) is 22.1. The number of rotatable bonds is 7. The second-order valence-corrected chi connectivity index (χ2v) is 7.67. The summed E-state index contributed by atoms with van der Waals surface area (Å²) in [6.45, 7) is 3.88. The Kier molecular flexibility index (Phi) is 6.17. The molecule has 3 aromatic rings. The van der Waals surface area contributed by atoms with Crippen LogP contribution < -0.4 is 10.1 Å². The third kappa shape index (κ3) is 4.45. The average molecular weight is 448 g/mol. The summed E-state index contributed by atoms with van der Waals surface area (Å²) in [5.41, 5.74) is 0.843. The molecule has 3 amide bonds. The standard InChI is InChI=1S/C25H24N2O6/c1-4-15(2)32-21-11-9-16-7-5-6-8-18(16)19(21)13-20-23(28)27(25(30)26-20)14-17-10-12-22(33-17)24(29)31-3/h5-13,15H,4,14H2,1-3H3,(H,26,30). The minimum atomic E-state index is -0.635. The topological polar surface area (TPSA) is 98.1 Å². The van der Waals surface area contributed by atoms with Crippen molar-refractivity contribution in [1.82, 2.24) is 10.2 Å². The molecule has 1 N–H and O–H groups in total. The quantitative estimate of drug-likeness (QED) is 0.325. The Morgan fingerprint density at radius 2 is 1.94 bits per heavy atom. The third-order valence-electron chi connectivity index (χ3n) is 5.45. The van der Waals surface area contributed by atoms with Crippen LogP contribution >= 0.6 is 0 Å². The molecular weight excluding hydrogens is 424 g/mol. The number of nitrogens with zero attached hydrogens (tertiary/aromatic N) is 1. The smallest absolute Gasteiger partial charge is 0.373 e. The Bertz CT molecular complexity index is 1260. The van der Waals surface area contributed by atoms with Gasteiger partial charge in [0.2, 0.25) is 5.76 Å². The number of esters is 1. The molecule has 0 spiro atoms. The number of hydrogen-bond acceptors (Lipinski definition) is 6. The molecule has 2 aromatic carbocycles. The van der Waals surface area contributed by atoms with E-state index in [4.69, 9.17) is 9.15 Å². The van der Waals surface area contributed by atoms with Gasteiger partial charge >= 0.3 is 12.0 Å². The molecule has 1 saturated heterocycles. The van der Waals surface area contributed by atoms with Crippen LogP contribution in [-0.2, 0) is 16.1 Å². The molecule has 0 saturated carbocycles. The van der Waals surface area contributed by atoms with Crippen molar-refractivity contribution in [3.63, 3.8) is 0 Å². The normalized spacial score (nSPS) is 15.7. The van der Waals surface area contributed by atoms with E-state index in [9.17, 15) is 14.4 Å². The minimum Gasteiger partial charge on any atom is -0.490 e. The van der Waals surface area contributed by atoms with Gasteiger partial charge in [-0.1, -0.05) is 37.3 Å². The molecule has 1 aliphatic heterocycles. The summed E-state index contributed by atoms with van der Waals surface area (Å²) in [5, 5.41) is 4.52. The van der Waals surface area contributed by atoms with Crippen molar-refractivity contribution in [2.24, 2.45) is 0 Å². The van der Waals surface area contributed by atoms with E-state index in [1.54, 1.807) is 6.08 Å². The van der Waals surface area contributed by atoms with Crippen LogP contribution in [0.2, 0.25) is 0 Å². The highest BCUT2D eigenvalue weighted by Crippen LogP contribution is 2.32. The molecule has 33 heavy (non-hydrogen) atoms. The number of furan rings is 1. The summed E-state index contributed by atoms with van der Waals surface area (Å²) < 4.78 is 16.1. The SMILES string of the molecule is CCC(C)Oc1ccc2ccccc2c1C=C1NC(=O)N(Cc2ccc(C(=O)OC)o2)C1=O. The molecule has 8 heteroatoms. The van der Waals surface area contributed by atoms with Gasteiger partial charge in [-0.25, -0.2) is 9.59 Å². The predicted octanol–water partition coefficient (Wildman–Crippen LogP) is 4.49. The number of benzene rings is 2. The van der Waals surface area contributed by atoms with Crippen LogP contribution in [0.3, 0.4) is 0 Å². The summed E-state index contributed by atoms with van der Waals surface area (Å²) >= 11 is 0. The van der Waals surface area contributed by atoms with E-state index >= 15 is 0 Å². The van der Waals surface area contributed by atoms with Crippen molar-refractivity contribution in [3.8, 4) is 5.75 Å². The zero-order chi connectivity index (χ0) is 23.5. The number of imide groups is 1. The second kappa shape index (κ2) is 9.20. The fourth-order valence-corrected chi connectivity index (χ4v) is 3.52. The van der Waals surface area contributed by atoms with E-state index < -0.39 is 17.9 Å². The van der Waals surface area contributed by atoms with E-state index in [-0.39, 0.29) is 29.9 Å². The highest BCUT2D eigenvalue weighted by molar-refractivity contribution is 6.14. The molecule has 1 atom stereocenters. The molecule has 1 fully saturated rings.